The summed E-state index contributed by atoms with van der Waals surface area (Å²) in [7, 11) is 0. The van der Waals surface area contributed by atoms with E-state index in [0.29, 0.717) is 29.1 Å². The van der Waals surface area contributed by atoms with Crippen LogP contribution in [0.3, 0.4) is 0 Å². The zero-order valence-corrected chi connectivity index (χ0v) is 16.8. The van der Waals surface area contributed by atoms with Crippen LogP contribution >= 0.6 is 0 Å². The number of ether oxygens (including phenoxy) is 1. The van der Waals surface area contributed by atoms with Crippen LogP contribution in [0.1, 0.15) is 22.3 Å². The van der Waals surface area contributed by atoms with Crippen LogP contribution in [0, 0.1) is 0 Å². The first-order chi connectivity index (χ1) is 15.2. The Bertz CT molecular complexity index is 1240. The van der Waals surface area contributed by atoms with Gasteiger partial charge in [-0.2, -0.15) is 0 Å². The molecule has 6 heteroatoms. The van der Waals surface area contributed by atoms with Crippen molar-refractivity contribution in [3.05, 3.63) is 83.9 Å². The van der Waals surface area contributed by atoms with Crippen molar-refractivity contribution in [2.75, 3.05) is 18.1 Å². The van der Waals surface area contributed by atoms with Crippen LogP contribution in [0.25, 0.3) is 22.6 Å². The van der Waals surface area contributed by atoms with Crippen LogP contribution < -0.4 is 4.90 Å². The third kappa shape index (κ3) is 3.68. The predicted molar refractivity (Wildman–Crippen MR) is 117 cm³/mol. The standard InChI is InChI=1S/C25H20N2O4/c28-23(27-15-13-17-7-1-5-11-21(17)27)14-16-30-25(29)19-9-3-2-8-18(19)24-26-20-10-4-6-12-22(20)31-24/h1-12H,13-16H2. The van der Waals surface area contributed by atoms with E-state index >= 15 is 0 Å². The highest BCUT2D eigenvalue weighted by molar-refractivity contribution is 5.98. The number of para-hydroxylation sites is 3. The Hall–Kier alpha value is -3.93. The fraction of sp³-hybridized carbons (Fsp3) is 0.160. The summed E-state index contributed by atoms with van der Waals surface area (Å²) in [5, 5.41) is 0. The van der Waals surface area contributed by atoms with Gasteiger partial charge in [0.05, 0.1) is 17.5 Å². The van der Waals surface area contributed by atoms with E-state index in [2.05, 4.69) is 4.98 Å². The van der Waals surface area contributed by atoms with Crippen LogP contribution in [0.5, 0.6) is 0 Å². The first-order valence-electron chi connectivity index (χ1n) is 10.2. The fourth-order valence-corrected chi connectivity index (χ4v) is 3.88. The van der Waals surface area contributed by atoms with Crippen LogP contribution in [0.4, 0.5) is 5.69 Å². The van der Waals surface area contributed by atoms with Gasteiger partial charge in [0.15, 0.2) is 5.58 Å². The lowest BCUT2D eigenvalue weighted by atomic mass is 10.1. The summed E-state index contributed by atoms with van der Waals surface area (Å²) in [5.41, 5.74) is 4.39. The zero-order valence-electron chi connectivity index (χ0n) is 16.8. The summed E-state index contributed by atoms with van der Waals surface area (Å²) >= 11 is 0. The summed E-state index contributed by atoms with van der Waals surface area (Å²) < 4.78 is 11.2. The molecule has 6 nitrogen and oxygen atoms in total. The Morgan fingerprint density at radius 3 is 2.65 bits per heavy atom. The lowest BCUT2D eigenvalue weighted by Gasteiger charge is -2.17. The summed E-state index contributed by atoms with van der Waals surface area (Å²) in [5.74, 6) is -0.198. The van der Waals surface area contributed by atoms with E-state index in [1.54, 1.807) is 23.1 Å². The number of amides is 1. The molecule has 4 aromatic rings. The molecule has 0 fully saturated rings. The third-order valence-electron chi connectivity index (χ3n) is 5.41. The number of fused-ring (bicyclic) bond motifs is 2. The molecule has 2 heterocycles. The van der Waals surface area contributed by atoms with Gasteiger partial charge in [0.1, 0.15) is 12.1 Å². The van der Waals surface area contributed by atoms with Gasteiger partial charge >= 0.3 is 5.97 Å². The van der Waals surface area contributed by atoms with E-state index < -0.39 is 5.97 Å². The van der Waals surface area contributed by atoms with Gasteiger partial charge in [-0.25, -0.2) is 9.78 Å². The van der Waals surface area contributed by atoms with Crippen molar-refractivity contribution >= 4 is 28.7 Å². The number of esters is 1. The molecule has 0 N–H and O–H groups in total. The molecule has 31 heavy (non-hydrogen) atoms. The number of oxazole rings is 1. The molecule has 0 radical (unpaired) electrons. The smallest absolute Gasteiger partial charge is 0.338 e. The molecule has 3 aromatic carbocycles. The van der Waals surface area contributed by atoms with Gasteiger partial charge in [-0.1, -0.05) is 42.5 Å². The molecule has 1 aliphatic heterocycles. The average molecular weight is 412 g/mol. The molecule has 0 aliphatic carbocycles. The second-order valence-electron chi connectivity index (χ2n) is 7.34. The number of carbonyl (C=O) groups excluding carboxylic acids is 2. The minimum Gasteiger partial charge on any atom is -0.462 e. The highest BCUT2D eigenvalue weighted by Crippen LogP contribution is 2.29. The maximum atomic E-state index is 12.7. The molecule has 154 valence electrons. The molecule has 0 spiro atoms. The normalized spacial score (nSPS) is 12.7. The molecule has 1 aromatic heterocycles. The van der Waals surface area contributed by atoms with Crippen LogP contribution in [0.2, 0.25) is 0 Å². The minimum absolute atomic E-state index is 0.0121. The number of aromatic nitrogens is 1. The zero-order chi connectivity index (χ0) is 21.2. The van der Waals surface area contributed by atoms with Gasteiger partial charge in [-0.3, -0.25) is 4.79 Å². The number of nitrogens with zero attached hydrogens (tertiary/aromatic N) is 2. The van der Waals surface area contributed by atoms with Crippen molar-refractivity contribution in [3.63, 3.8) is 0 Å². The Labute approximate surface area is 179 Å². The molecule has 1 amide bonds. The van der Waals surface area contributed by atoms with Gasteiger partial charge in [0.25, 0.3) is 0 Å². The number of rotatable bonds is 5. The quantitative estimate of drug-likeness (QED) is 0.447. The van der Waals surface area contributed by atoms with E-state index in [9.17, 15) is 9.59 Å². The average Bonchev–Trinajstić information content (AvgIpc) is 3.43. The second-order valence-corrected chi connectivity index (χ2v) is 7.34. The molecular formula is C25H20N2O4. The first-order valence-corrected chi connectivity index (χ1v) is 10.2. The highest BCUT2D eigenvalue weighted by Gasteiger charge is 2.24. The number of hydrogen-bond donors (Lipinski definition) is 0. The number of carbonyl (C=O) groups is 2. The van der Waals surface area contributed by atoms with Gasteiger partial charge in [0.2, 0.25) is 11.8 Å². The van der Waals surface area contributed by atoms with Gasteiger partial charge < -0.3 is 14.1 Å². The van der Waals surface area contributed by atoms with Crippen molar-refractivity contribution in [3.8, 4) is 11.5 Å². The van der Waals surface area contributed by atoms with E-state index in [-0.39, 0.29) is 18.9 Å². The molecule has 0 bridgehead atoms. The van der Waals surface area contributed by atoms with Crippen molar-refractivity contribution < 1.29 is 18.7 Å². The monoisotopic (exact) mass is 412 g/mol. The Balaban J connectivity index is 1.27. The number of anilines is 1. The third-order valence-corrected chi connectivity index (χ3v) is 5.41. The van der Waals surface area contributed by atoms with E-state index in [1.807, 2.05) is 54.6 Å². The lowest BCUT2D eigenvalue weighted by molar-refractivity contribution is -0.119. The number of benzene rings is 3. The van der Waals surface area contributed by atoms with E-state index in [0.717, 1.165) is 17.6 Å². The molecular weight excluding hydrogens is 392 g/mol. The summed E-state index contributed by atoms with van der Waals surface area (Å²) in [6.45, 7) is 0.672. The summed E-state index contributed by atoms with van der Waals surface area (Å²) in [6.07, 6.45) is 0.977. The van der Waals surface area contributed by atoms with E-state index in [1.165, 1.54) is 5.56 Å². The molecule has 0 atom stereocenters. The number of hydrogen-bond acceptors (Lipinski definition) is 5. The van der Waals surface area contributed by atoms with Crippen LogP contribution in [-0.4, -0.2) is 30.0 Å². The van der Waals surface area contributed by atoms with Gasteiger partial charge in [-0.05, 0) is 42.3 Å². The molecule has 0 unspecified atom stereocenters. The van der Waals surface area contributed by atoms with Gasteiger partial charge in [-0.15, -0.1) is 0 Å². The molecule has 0 saturated carbocycles. The van der Waals surface area contributed by atoms with Crippen molar-refractivity contribution in [2.45, 2.75) is 12.8 Å². The Morgan fingerprint density at radius 2 is 1.74 bits per heavy atom. The predicted octanol–water partition coefficient (Wildman–Crippen LogP) is 4.63. The minimum atomic E-state index is -0.507. The largest absolute Gasteiger partial charge is 0.462 e. The summed E-state index contributed by atoms with van der Waals surface area (Å²) in [6, 6.07) is 22.3. The molecule has 0 saturated heterocycles. The van der Waals surface area contributed by atoms with Gasteiger partial charge in [0, 0.05) is 12.2 Å². The van der Waals surface area contributed by atoms with Crippen molar-refractivity contribution in [1.29, 1.82) is 0 Å². The van der Waals surface area contributed by atoms with E-state index in [4.69, 9.17) is 9.15 Å². The summed E-state index contributed by atoms with van der Waals surface area (Å²) in [4.78, 5) is 31.6. The fourth-order valence-electron chi connectivity index (χ4n) is 3.88. The van der Waals surface area contributed by atoms with Crippen molar-refractivity contribution in [1.82, 2.24) is 4.98 Å². The topological polar surface area (TPSA) is 72.6 Å². The Morgan fingerprint density at radius 1 is 0.968 bits per heavy atom. The van der Waals surface area contributed by atoms with Crippen molar-refractivity contribution in [2.24, 2.45) is 0 Å². The second kappa shape index (κ2) is 8.07. The maximum absolute atomic E-state index is 12.7. The Kier molecular flexibility index (Phi) is 4.96. The highest BCUT2D eigenvalue weighted by atomic mass is 16.5. The molecule has 1 aliphatic rings. The van der Waals surface area contributed by atoms with Crippen LogP contribution in [-0.2, 0) is 16.0 Å². The maximum Gasteiger partial charge on any atom is 0.338 e. The van der Waals surface area contributed by atoms with Crippen LogP contribution in [0.15, 0.2) is 77.2 Å². The first kappa shape index (κ1) is 19.1. The lowest BCUT2D eigenvalue weighted by Crippen LogP contribution is -2.30. The molecule has 5 rings (SSSR count). The SMILES string of the molecule is O=C(OCCC(=O)N1CCc2ccccc21)c1ccccc1-c1nc2ccccc2o1.